The third-order valence-electron chi connectivity index (χ3n) is 4.27. The van der Waals surface area contributed by atoms with Crippen molar-refractivity contribution in [1.29, 1.82) is 0 Å². The lowest BCUT2D eigenvalue weighted by molar-refractivity contribution is -0.134. The maximum atomic E-state index is 12.4. The maximum Gasteiger partial charge on any atom is 0.223 e. The number of aryl methyl sites for hydroxylation is 2. The first-order valence-electron chi connectivity index (χ1n) is 7.77. The number of rotatable bonds is 4. The predicted molar refractivity (Wildman–Crippen MR) is 85.6 cm³/mol. The van der Waals surface area contributed by atoms with Gasteiger partial charge in [0, 0.05) is 18.0 Å². The van der Waals surface area contributed by atoms with Gasteiger partial charge in [-0.25, -0.2) is 0 Å². The molecule has 1 N–H and O–H groups in total. The molecule has 1 atom stereocenters. The van der Waals surface area contributed by atoms with Gasteiger partial charge >= 0.3 is 0 Å². The van der Waals surface area contributed by atoms with E-state index in [2.05, 4.69) is 0 Å². The Balaban J connectivity index is 1.94. The first-order valence-corrected chi connectivity index (χ1v) is 8.15. The first kappa shape index (κ1) is 16.3. The molecule has 0 aliphatic carbocycles. The molecule has 0 radical (unpaired) electrons. The molecule has 0 saturated carbocycles. The fourth-order valence-electron chi connectivity index (χ4n) is 2.88. The van der Waals surface area contributed by atoms with Crippen LogP contribution in [0.1, 0.15) is 43.2 Å². The Morgan fingerprint density at radius 3 is 2.90 bits per heavy atom. The fourth-order valence-corrected chi connectivity index (χ4v) is 3.09. The molecule has 116 valence electrons. The third kappa shape index (κ3) is 4.45. The van der Waals surface area contributed by atoms with E-state index in [0.717, 1.165) is 48.4 Å². The lowest BCUT2D eigenvalue weighted by Crippen LogP contribution is -2.42. The second kappa shape index (κ2) is 7.81. The quantitative estimate of drug-likeness (QED) is 0.926. The van der Waals surface area contributed by atoms with Gasteiger partial charge in [0.1, 0.15) is 0 Å². The SMILES string of the molecule is Cc1ccc(CCC(=O)N2CCCCCC2CO)cc1Cl. The Labute approximate surface area is 131 Å². The van der Waals surface area contributed by atoms with E-state index in [1.54, 1.807) is 0 Å². The summed E-state index contributed by atoms with van der Waals surface area (Å²) in [6.07, 6.45) is 5.39. The molecule has 1 aliphatic heterocycles. The van der Waals surface area contributed by atoms with Crippen LogP contribution < -0.4 is 0 Å². The largest absolute Gasteiger partial charge is 0.394 e. The molecule has 3 nitrogen and oxygen atoms in total. The lowest BCUT2D eigenvalue weighted by Gasteiger charge is -2.28. The summed E-state index contributed by atoms with van der Waals surface area (Å²) in [4.78, 5) is 14.3. The van der Waals surface area contributed by atoms with Crippen LogP contribution in [-0.4, -0.2) is 35.1 Å². The number of nitrogens with zero attached hydrogens (tertiary/aromatic N) is 1. The fraction of sp³-hybridized carbons (Fsp3) is 0.588. The molecular formula is C17H24ClNO2. The van der Waals surface area contributed by atoms with Crippen molar-refractivity contribution in [3.8, 4) is 0 Å². The van der Waals surface area contributed by atoms with Gasteiger partial charge in [0.05, 0.1) is 12.6 Å². The zero-order valence-corrected chi connectivity index (χ0v) is 13.4. The van der Waals surface area contributed by atoms with Gasteiger partial charge in [-0.3, -0.25) is 4.79 Å². The second-order valence-electron chi connectivity index (χ2n) is 5.86. The molecule has 21 heavy (non-hydrogen) atoms. The second-order valence-corrected chi connectivity index (χ2v) is 6.26. The molecule has 1 saturated heterocycles. The molecule has 1 aliphatic rings. The van der Waals surface area contributed by atoms with E-state index in [1.807, 2.05) is 30.0 Å². The van der Waals surface area contributed by atoms with Gasteiger partial charge in [0.2, 0.25) is 5.91 Å². The molecule has 1 aromatic carbocycles. The summed E-state index contributed by atoms with van der Waals surface area (Å²) >= 11 is 6.12. The number of hydrogen-bond acceptors (Lipinski definition) is 2. The molecule has 1 fully saturated rings. The number of benzene rings is 1. The van der Waals surface area contributed by atoms with Crippen LogP contribution in [0.3, 0.4) is 0 Å². The van der Waals surface area contributed by atoms with E-state index in [-0.39, 0.29) is 18.6 Å². The van der Waals surface area contributed by atoms with Crippen molar-refractivity contribution in [3.05, 3.63) is 34.3 Å². The number of aliphatic hydroxyl groups is 1. The summed E-state index contributed by atoms with van der Waals surface area (Å²) in [7, 11) is 0. The van der Waals surface area contributed by atoms with Crippen LogP contribution in [-0.2, 0) is 11.2 Å². The highest BCUT2D eigenvalue weighted by Crippen LogP contribution is 2.20. The summed E-state index contributed by atoms with van der Waals surface area (Å²) in [5.74, 6) is 0.146. The van der Waals surface area contributed by atoms with Crippen LogP contribution in [0.4, 0.5) is 0 Å². The van der Waals surface area contributed by atoms with Crippen LogP contribution in [0, 0.1) is 6.92 Å². The van der Waals surface area contributed by atoms with Crippen LogP contribution in [0.25, 0.3) is 0 Å². The number of carbonyl (C=O) groups is 1. The van der Waals surface area contributed by atoms with Gasteiger partial charge in [-0.15, -0.1) is 0 Å². The van der Waals surface area contributed by atoms with Gasteiger partial charge in [0.25, 0.3) is 0 Å². The van der Waals surface area contributed by atoms with Crippen LogP contribution in [0.2, 0.25) is 5.02 Å². The van der Waals surface area contributed by atoms with Crippen molar-refractivity contribution < 1.29 is 9.90 Å². The topological polar surface area (TPSA) is 40.5 Å². The highest BCUT2D eigenvalue weighted by Gasteiger charge is 2.24. The van der Waals surface area contributed by atoms with Crippen LogP contribution in [0.15, 0.2) is 18.2 Å². The minimum atomic E-state index is 0.00149. The first-order chi connectivity index (χ1) is 10.1. The van der Waals surface area contributed by atoms with Crippen molar-refractivity contribution in [2.75, 3.05) is 13.2 Å². The van der Waals surface area contributed by atoms with Gasteiger partial charge in [-0.05, 0) is 43.4 Å². The number of hydrogen-bond donors (Lipinski definition) is 1. The van der Waals surface area contributed by atoms with E-state index in [0.29, 0.717) is 12.8 Å². The van der Waals surface area contributed by atoms with Crippen molar-refractivity contribution in [2.24, 2.45) is 0 Å². The number of halogens is 1. The molecule has 4 heteroatoms. The van der Waals surface area contributed by atoms with Crippen molar-refractivity contribution in [3.63, 3.8) is 0 Å². The van der Waals surface area contributed by atoms with E-state index >= 15 is 0 Å². The number of likely N-dealkylation sites (tertiary alicyclic amines) is 1. The molecule has 2 rings (SSSR count). The van der Waals surface area contributed by atoms with E-state index in [9.17, 15) is 9.90 Å². The van der Waals surface area contributed by atoms with Gasteiger partial charge in [-0.1, -0.05) is 36.6 Å². The normalized spacial score (nSPS) is 19.4. The monoisotopic (exact) mass is 309 g/mol. The molecular weight excluding hydrogens is 286 g/mol. The molecule has 0 bridgehead atoms. The predicted octanol–water partition coefficient (Wildman–Crippen LogP) is 3.34. The summed E-state index contributed by atoms with van der Waals surface area (Å²) in [6, 6.07) is 5.96. The molecule has 0 aromatic heterocycles. The minimum Gasteiger partial charge on any atom is -0.394 e. The van der Waals surface area contributed by atoms with Crippen molar-refractivity contribution >= 4 is 17.5 Å². The molecule has 0 spiro atoms. The van der Waals surface area contributed by atoms with Crippen LogP contribution in [0.5, 0.6) is 0 Å². The Morgan fingerprint density at radius 2 is 2.19 bits per heavy atom. The molecule has 1 heterocycles. The number of amides is 1. The van der Waals surface area contributed by atoms with Crippen LogP contribution >= 0.6 is 11.6 Å². The van der Waals surface area contributed by atoms with Gasteiger partial charge in [-0.2, -0.15) is 0 Å². The number of carbonyl (C=O) groups excluding carboxylic acids is 1. The summed E-state index contributed by atoms with van der Waals surface area (Å²) < 4.78 is 0. The Bertz CT molecular complexity index is 490. The maximum absolute atomic E-state index is 12.4. The third-order valence-corrected chi connectivity index (χ3v) is 4.68. The average molecular weight is 310 g/mol. The van der Waals surface area contributed by atoms with Crippen molar-refractivity contribution in [1.82, 2.24) is 4.90 Å². The van der Waals surface area contributed by atoms with E-state index in [4.69, 9.17) is 11.6 Å². The van der Waals surface area contributed by atoms with E-state index in [1.165, 1.54) is 0 Å². The molecule has 1 aromatic rings. The molecule has 1 amide bonds. The minimum absolute atomic E-state index is 0.00149. The molecule has 1 unspecified atom stereocenters. The van der Waals surface area contributed by atoms with E-state index < -0.39 is 0 Å². The van der Waals surface area contributed by atoms with Gasteiger partial charge in [0.15, 0.2) is 0 Å². The van der Waals surface area contributed by atoms with Crippen molar-refractivity contribution in [2.45, 2.75) is 51.5 Å². The zero-order chi connectivity index (χ0) is 15.2. The Kier molecular flexibility index (Phi) is 6.07. The summed E-state index contributed by atoms with van der Waals surface area (Å²) in [5.41, 5.74) is 2.15. The Morgan fingerprint density at radius 1 is 1.38 bits per heavy atom. The smallest absolute Gasteiger partial charge is 0.223 e. The zero-order valence-electron chi connectivity index (χ0n) is 12.6. The number of aliphatic hydroxyl groups excluding tert-OH is 1. The van der Waals surface area contributed by atoms with Gasteiger partial charge < -0.3 is 10.0 Å². The summed E-state index contributed by atoms with van der Waals surface area (Å²) in [5, 5.41) is 10.2. The Hall–Kier alpha value is -1.06. The summed E-state index contributed by atoms with van der Waals surface area (Å²) in [6.45, 7) is 2.82. The lowest BCUT2D eigenvalue weighted by atomic mass is 10.1. The standard InChI is InChI=1S/C17H24ClNO2/c1-13-6-7-14(11-16(13)18)8-9-17(21)19-10-4-2-3-5-15(19)12-20/h6-7,11,15,20H,2-5,8-10,12H2,1H3. The highest BCUT2D eigenvalue weighted by atomic mass is 35.5. The average Bonchev–Trinajstić information content (AvgIpc) is 2.73. The highest BCUT2D eigenvalue weighted by molar-refractivity contribution is 6.31.